The van der Waals surface area contributed by atoms with Crippen LogP contribution in [-0.2, 0) is 0 Å². The van der Waals surface area contributed by atoms with Gasteiger partial charge in [-0.15, -0.1) is 0 Å². The van der Waals surface area contributed by atoms with Gasteiger partial charge in [-0.05, 0) is 86.6 Å². The van der Waals surface area contributed by atoms with Crippen LogP contribution in [-0.4, -0.2) is 4.57 Å². The van der Waals surface area contributed by atoms with Crippen LogP contribution in [0.2, 0.25) is 0 Å². The second-order valence-electron chi connectivity index (χ2n) is 15.2. The number of rotatable bonds is 8. The molecular weight excluding hydrogens is 725 g/mol. The normalized spacial score (nSPS) is 11.3. The Labute approximate surface area is 350 Å². The second-order valence-corrected chi connectivity index (χ2v) is 15.2. The molecule has 282 valence electrons. The quantitative estimate of drug-likeness (QED) is 0.150. The molecule has 0 atom stereocenters. The molecule has 0 amide bonds. The van der Waals surface area contributed by atoms with Crippen LogP contribution < -0.4 is 4.90 Å². The van der Waals surface area contributed by atoms with E-state index in [0.29, 0.717) is 0 Å². The van der Waals surface area contributed by atoms with Crippen LogP contribution in [0.1, 0.15) is 0 Å². The number of para-hydroxylation sites is 3. The van der Waals surface area contributed by atoms with Gasteiger partial charge < -0.3 is 9.47 Å². The number of benzene rings is 10. The highest BCUT2D eigenvalue weighted by atomic mass is 15.2. The van der Waals surface area contributed by atoms with E-state index in [0.717, 1.165) is 33.8 Å². The van der Waals surface area contributed by atoms with Gasteiger partial charge in [0.25, 0.3) is 0 Å². The number of hydrogen-bond donors (Lipinski definition) is 0. The van der Waals surface area contributed by atoms with Gasteiger partial charge >= 0.3 is 0 Å². The van der Waals surface area contributed by atoms with Gasteiger partial charge in [-0.3, -0.25) is 0 Å². The van der Waals surface area contributed by atoms with Crippen molar-refractivity contribution < 1.29 is 0 Å². The molecule has 2 nitrogen and oxygen atoms in total. The number of nitrogens with zero attached hydrogens (tertiary/aromatic N) is 2. The molecule has 0 saturated carbocycles. The van der Waals surface area contributed by atoms with Gasteiger partial charge in [0, 0.05) is 27.6 Å². The molecule has 0 aliphatic heterocycles. The second kappa shape index (κ2) is 15.1. The molecule has 60 heavy (non-hydrogen) atoms. The zero-order chi connectivity index (χ0) is 39.8. The van der Waals surface area contributed by atoms with Crippen LogP contribution in [0.15, 0.2) is 243 Å². The molecule has 0 radical (unpaired) electrons. The Kier molecular flexibility index (Phi) is 8.87. The first kappa shape index (κ1) is 35.2. The van der Waals surface area contributed by atoms with Crippen LogP contribution in [0.5, 0.6) is 0 Å². The van der Waals surface area contributed by atoms with Crippen molar-refractivity contribution >= 4 is 49.6 Å². The monoisotopic (exact) mass is 764 g/mol. The Morgan fingerprint density at radius 2 is 0.750 bits per heavy atom. The summed E-state index contributed by atoms with van der Waals surface area (Å²) < 4.78 is 2.46. The van der Waals surface area contributed by atoms with Crippen molar-refractivity contribution in [2.75, 3.05) is 4.90 Å². The van der Waals surface area contributed by atoms with Crippen LogP contribution >= 0.6 is 0 Å². The maximum Gasteiger partial charge on any atom is 0.0562 e. The minimum absolute atomic E-state index is 1.11. The van der Waals surface area contributed by atoms with E-state index < -0.39 is 0 Å². The summed E-state index contributed by atoms with van der Waals surface area (Å²) in [6, 6.07) is 87.9. The van der Waals surface area contributed by atoms with Gasteiger partial charge in [-0.25, -0.2) is 0 Å². The largest absolute Gasteiger partial charge is 0.309 e. The molecule has 11 aromatic rings. The third-order valence-corrected chi connectivity index (χ3v) is 11.8. The lowest BCUT2D eigenvalue weighted by molar-refractivity contribution is 1.18. The lowest BCUT2D eigenvalue weighted by Gasteiger charge is -2.30. The molecule has 0 fully saturated rings. The summed E-state index contributed by atoms with van der Waals surface area (Å²) in [7, 11) is 0. The van der Waals surface area contributed by atoms with Crippen molar-refractivity contribution in [3.63, 3.8) is 0 Å². The molecule has 0 saturated heterocycles. The highest BCUT2D eigenvalue weighted by Gasteiger charge is 2.25. The van der Waals surface area contributed by atoms with Crippen LogP contribution in [0.4, 0.5) is 17.1 Å². The van der Waals surface area contributed by atoms with E-state index in [9.17, 15) is 0 Å². The highest BCUT2D eigenvalue weighted by molar-refractivity contribution is 6.17. The smallest absolute Gasteiger partial charge is 0.0562 e. The van der Waals surface area contributed by atoms with Crippen molar-refractivity contribution in [3.05, 3.63) is 243 Å². The Morgan fingerprint density at radius 1 is 0.283 bits per heavy atom. The Bertz CT molecular complexity index is 3220. The van der Waals surface area contributed by atoms with Crippen molar-refractivity contribution in [1.29, 1.82) is 0 Å². The molecule has 0 unspecified atom stereocenters. The van der Waals surface area contributed by atoms with Gasteiger partial charge in [0.1, 0.15) is 0 Å². The summed E-state index contributed by atoms with van der Waals surface area (Å²) >= 11 is 0. The molecule has 10 aromatic carbocycles. The first-order valence-corrected chi connectivity index (χ1v) is 20.6. The lowest BCUT2D eigenvalue weighted by atomic mass is 9.91. The van der Waals surface area contributed by atoms with Crippen LogP contribution in [0.25, 0.3) is 82.8 Å². The minimum Gasteiger partial charge on any atom is -0.309 e. The van der Waals surface area contributed by atoms with Crippen molar-refractivity contribution in [3.8, 4) is 50.2 Å². The Morgan fingerprint density at radius 3 is 1.42 bits per heavy atom. The standard InChI is InChI=1S/C58H40N2/c1-4-20-42(21-5-1)47-29-12-15-33-53(47)60(54-34-16-13-30-48(54)43-22-6-2-7-23-43)57-37-19-36-56-58(57)51-31-14-17-35-55(51)59(56)45-38-39-50(52(40-45)44-24-8-3-9-25-44)49-32-18-27-41-26-10-11-28-46(41)49/h1-40H. The van der Waals surface area contributed by atoms with Crippen molar-refractivity contribution in [2.45, 2.75) is 0 Å². The van der Waals surface area contributed by atoms with Gasteiger partial charge in [0.2, 0.25) is 0 Å². The zero-order valence-electron chi connectivity index (χ0n) is 33.0. The number of hydrogen-bond acceptors (Lipinski definition) is 1. The van der Waals surface area contributed by atoms with Crippen LogP contribution in [0, 0.1) is 0 Å². The van der Waals surface area contributed by atoms with Gasteiger partial charge in [0.15, 0.2) is 0 Å². The van der Waals surface area contributed by atoms with Gasteiger partial charge in [-0.1, -0.05) is 200 Å². The van der Waals surface area contributed by atoms with E-state index in [2.05, 4.69) is 252 Å². The minimum atomic E-state index is 1.11. The molecule has 1 aromatic heterocycles. The lowest BCUT2D eigenvalue weighted by Crippen LogP contribution is -2.13. The molecular formula is C58H40N2. The molecule has 11 rings (SSSR count). The molecule has 0 N–H and O–H groups in total. The maximum atomic E-state index is 2.49. The summed E-state index contributed by atoms with van der Waals surface area (Å²) in [5.41, 5.74) is 16.3. The van der Waals surface area contributed by atoms with Gasteiger partial charge in [-0.2, -0.15) is 0 Å². The number of anilines is 3. The van der Waals surface area contributed by atoms with E-state index >= 15 is 0 Å². The average molecular weight is 765 g/mol. The first-order chi connectivity index (χ1) is 29.8. The summed E-state index contributed by atoms with van der Waals surface area (Å²) in [4.78, 5) is 2.49. The van der Waals surface area contributed by atoms with E-state index in [-0.39, 0.29) is 0 Å². The van der Waals surface area contributed by atoms with Gasteiger partial charge in [0.05, 0.1) is 28.1 Å². The molecule has 0 aliphatic rings. The topological polar surface area (TPSA) is 8.17 Å². The Hall–Kier alpha value is -7.94. The van der Waals surface area contributed by atoms with E-state index in [1.807, 2.05) is 0 Å². The molecule has 0 bridgehead atoms. The van der Waals surface area contributed by atoms with E-state index in [1.165, 1.54) is 66.1 Å². The molecule has 1 heterocycles. The predicted octanol–water partition coefficient (Wildman–Crippen LogP) is 16.1. The third kappa shape index (κ3) is 6.06. The SMILES string of the molecule is c1ccc(-c2cc(-n3c4ccccc4c4c(N(c5ccccc5-c5ccccc5)c5ccccc5-c5ccccc5)cccc43)ccc2-c2cccc3ccccc23)cc1. The number of fused-ring (bicyclic) bond motifs is 4. The first-order valence-electron chi connectivity index (χ1n) is 20.6. The maximum absolute atomic E-state index is 2.49. The predicted molar refractivity (Wildman–Crippen MR) is 255 cm³/mol. The molecule has 0 aliphatic carbocycles. The summed E-state index contributed by atoms with van der Waals surface area (Å²) in [5.74, 6) is 0. The summed E-state index contributed by atoms with van der Waals surface area (Å²) in [6.45, 7) is 0. The molecule has 2 heteroatoms. The van der Waals surface area contributed by atoms with E-state index in [1.54, 1.807) is 0 Å². The highest BCUT2D eigenvalue weighted by Crippen LogP contribution is 2.49. The molecule has 0 spiro atoms. The van der Waals surface area contributed by atoms with Crippen molar-refractivity contribution in [2.24, 2.45) is 0 Å². The number of aromatic nitrogens is 1. The summed E-state index contributed by atoms with van der Waals surface area (Å²) in [6.07, 6.45) is 0. The van der Waals surface area contributed by atoms with Crippen LogP contribution in [0.3, 0.4) is 0 Å². The fourth-order valence-electron chi connectivity index (χ4n) is 9.14. The average Bonchev–Trinajstić information content (AvgIpc) is 3.67. The fraction of sp³-hybridized carbons (Fsp3) is 0. The fourth-order valence-corrected chi connectivity index (χ4v) is 9.14. The summed E-state index contributed by atoms with van der Waals surface area (Å²) in [5, 5.41) is 4.87. The Balaban J connectivity index is 1.19. The zero-order valence-corrected chi connectivity index (χ0v) is 33.0. The van der Waals surface area contributed by atoms with Crippen molar-refractivity contribution in [1.82, 2.24) is 4.57 Å². The third-order valence-electron chi connectivity index (χ3n) is 11.8. The van der Waals surface area contributed by atoms with E-state index in [4.69, 9.17) is 0 Å².